The number of nitrogens with one attached hydrogen (secondary N) is 1. The first-order valence-corrected chi connectivity index (χ1v) is 14.7. The predicted octanol–water partition coefficient (Wildman–Crippen LogP) is 7.57. The van der Waals surface area contributed by atoms with Crippen LogP contribution < -0.4 is 10.1 Å². The summed E-state index contributed by atoms with van der Waals surface area (Å²) < 4.78 is 6.68. The lowest BCUT2D eigenvalue weighted by molar-refractivity contribution is 0.0592. The Hall–Kier alpha value is -4.06. The molecule has 0 bridgehead atoms. The van der Waals surface area contributed by atoms with Gasteiger partial charge in [0, 0.05) is 34.8 Å². The molecule has 5 rings (SSSR count). The number of carbonyl (C=O) groups excluding carboxylic acids is 1. The normalized spacial score (nSPS) is 16.6. The van der Waals surface area contributed by atoms with Gasteiger partial charge in [-0.25, -0.2) is 4.79 Å². The molecule has 1 saturated carbocycles. The van der Waals surface area contributed by atoms with Crippen molar-refractivity contribution < 1.29 is 19.4 Å². The number of ether oxygens (including phenoxy) is 1. The Labute approximate surface area is 247 Å². The van der Waals surface area contributed by atoms with Crippen molar-refractivity contribution in [3.63, 3.8) is 0 Å². The van der Waals surface area contributed by atoms with Crippen LogP contribution in [0.25, 0.3) is 21.2 Å². The summed E-state index contributed by atoms with van der Waals surface area (Å²) in [6.07, 6.45) is 2.12. The monoisotopic (exact) mass is 587 g/mol. The van der Waals surface area contributed by atoms with E-state index in [0.717, 1.165) is 52.5 Å². The largest absolute Gasteiger partial charge is 0.496 e. The highest BCUT2D eigenvalue weighted by Gasteiger charge is 2.32. The van der Waals surface area contributed by atoms with Crippen LogP contribution in [0.15, 0.2) is 66.7 Å². The van der Waals surface area contributed by atoms with Crippen molar-refractivity contribution in [3.8, 4) is 22.9 Å². The summed E-state index contributed by atoms with van der Waals surface area (Å²) in [6, 6.07) is 23.2. The number of amides is 2. The molecule has 0 aliphatic heterocycles. The van der Waals surface area contributed by atoms with Crippen LogP contribution in [0.2, 0.25) is 5.02 Å². The molecular weight excluding hydrogens is 558 g/mol. The van der Waals surface area contributed by atoms with Gasteiger partial charge in [-0.2, -0.15) is 5.26 Å². The number of benzene rings is 3. The number of nitrogens with zero attached hydrogens (tertiary/aromatic N) is 2. The third-order valence-electron chi connectivity index (χ3n) is 7.74. The first-order chi connectivity index (χ1) is 19.9. The maximum Gasteiger partial charge on any atom is 0.404 e. The molecule has 1 heterocycles. The molecule has 0 atom stereocenters. The first-order valence-electron chi connectivity index (χ1n) is 13.5. The number of nitriles is 1. The van der Waals surface area contributed by atoms with Gasteiger partial charge in [0.1, 0.15) is 10.6 Å². The Bertz CT molecular complexity index is 1620. The zero-order valence-electron chi connectivity index (χ0n) is 22.6. The minimum absolute atomic E-state index is 0.0415. The van der Waals surface area contributed by atoms with Crippen molar-refractivity contribution in [2.75, 3.05) is 13.7 Å². The van der Waals surface area contributed by atoms with Gasteiger partial charge in [-0.1, -0.05) is 48.0 Å². The Balaban J connectivity index is 1.49. The molecule has 2 amide bonds. The SMILES string of the molecule is COc1ccc(-c2cccc(C#N)c2)cc1CN(C(=O)c1sc2ccccc2c1Cl)C1CCC(CNC(=O)O)CC1. The van der Waals surface area contributed by atoms with Gasteiger partial charge in [-0.05, 0) is 73.1 Å². The Morgan fingerprint density at radius 3 is 2.54 bits per heavy atom. The van der Waals surface area contributed by atoms with E-state index in [1.165, 1.54) is 11.3 Å². The van der Waals surface area contributed by atoms with Gasteiger partial charge in [0.15, 0.2) is 0 Å². The molecule has 7 nitrogen and oxygen atoms in total. The van der Waals surface area contributed by atoms with E-state index < -0.39 is 6.09 Å². The van der Waals surface area contributed by atoms with Crippen molar-refractivity contribution in [1.82, 2.24) is 10.2 Å². The molecule has 0 saturated heterocycles. The summed E-state index contributed by atoms with van der Waals surface area (Å²) in [6.45, 7) is 0.733. The highest BCUT2D eigenvalue weighted by molar-refractivity contribution is 7.21. The van der Waals surface area contributed by atoms with Crippen LogP contribution in [0.4, 0.5) is 4.79 Å². The van der Waals surface area contributed by atoms with Crippen LogP contribution >= 0.6 is 22.9 Å². The lowest BCUT2D eigenvalue weighted by Crippen LogP contribution is -2.43. The van der Waals surface area contributed by atoms with E-state index in [4.69, 9.17) is 21.4 Å². The molecule has 3 aromatic carbocycles. The van der Waals surface area contributed by atoms with Gasteiger partial charge in [-0.15, -0.1) is 11.3 Å². The van der Waals surface area contributed by atoms with Gasteiger partial charge in [0.25, 0.3) is 5.91 Å². The number of rotatable bonds is 8. The van der Waals surface area contributed by atoms with E-state index in [1.807, 2.05) is 65.6 Å². The second-order valence-electron chi connectivity index (χ2n) is 10.3. The summed E-state index contributed by atoms with van der Waals surface area (Å²) in [5.74, 6) is 0.782. The number of carboxylic acid groups (broad SMARTS) is 1. The smallest absolute Gasteiger partial charge is 0.404 e. The predicted molar refractivity (Wildman–Crippen MR) is 162 cm³/mol. The minimum atomic E-state index is -1.02. The number of hydrogen-bond acceptors (Lipinski definition) is 5. The second kappa shape index (κ2) is 12.6. The molecule has 210 valence electrons. The number of fused-ring (bicyclic) bond motifs is 1. The van der Waals surface area contributed by atoms with E-state index in [2.05, 4.69) is 11.4 Å². The zero-order chi connectivity index (χ0) is 28.9. The van der Waals surface area contributed by atoms with Crippen LogP contribution in [0.3, 0.4) is 0 Å². The Morgan fingerprint density at radius 2 is 1.83 bits per heavy atom. The molecule has 4 aromatic rings. The van der Waals surface area contributed by atoms with Gasteiger partial charge < -0.3 is 20.1 Å². The van der Waals surface area contributed by atoms with Crippen molar-refractivity contribution in [2.24, 2.45) is 5.92 Å². The molecule has 0 spiro atoms. The highest BCUT2D eigenvalue weighted by atomic mass is 35.5. The number of hydrogen-bond donors (Lipinski definition) is 2. The van der Waals surface area contributed by atoms with Crippen molar-refractivity contribution in [3.05, 3.63) is 87.8 Å². The topological polar surface area (TPSA) is 103 Å². The van der Waals surface area contributed by atoms with E-state index in [0.29, 0.717) is 34.3 Å². The summed E-state index contributed by atoms with van der Waals surface area (Å²) >= 11 is 8.17. The molecule has 2 N–H and O–H groups in total. The Morgan fingerprint density at radius 1 is 1.07 bits per heavy atom. The van der Waals surface area contributed by atoms with Gasteiger partial charge in [0.2, 0.25) is 0 Å². The fraction of sp³-hybridized carbons (Fsp3) is 0.281. The first kappa shape index (κ1) is 28.5. The average molecular weight is 588 g/mol. The summed E-state index contributed by atoms with van der Waals surface area (Å²) in [5.41, 5.74) is 3.26. The van der Waals surface area contributed by atoms with Crippen molar-refractivity contribution in [2.45, 2.75) is 38.3 Å². The van der Waals surface area contributed by atoms with Gasteiger partial charge >= 0.3 is 6.09 Å². The third-order valence-corrected chi connectivity index (χ3v) is 9.40. The molecule has 1 aliphatic rings. The van der Waals surface area contributed by atoms with Crippen molar-refractivity contribution >= 4 is 45.0 Å². The van der Waals surface area contributed by atoms with E-state index >= 15 is 0 Å². The second-order valence-corrected chi connectivity index (χ2v) is 11.7. The Kier molecular flexibility index (Phi) is 8.77. The minimum Gasteiger partial charge on any atom is -0.496 e. The zero-order valence-corrected chi connectivity index (χ0v) is 24.2. The van der Waals surface area contributed by atoms with E-state index in [1.54, 1.807) is 13.2 Å². The molecule has 0 radical (unpaired) electrons. The van der Waals surface area contributed by atoms with E-state index in [-0.39, 0.29) is 17.9 Å². The summed E-state index contributed by atoms with van der Waals surface area (Å²) in [4.78, 5) is 27.7. The number of halogens is 1. The summed E-state index contributed by atoms with van der Waals surface area (Å²) in [7, 11) is 1.62. The molecule has 1 aromatic heterocycles. The van der Waals surface area contributed by atoms with Crippen LogP contribution in [-0.2, 0) is 6.54 Å². The van der Waals surface area contributed by atoms with Crippen LogP contribution in [0.1, 0.15) is 46.5 Å². The standard InChI is InChI=1S/C32H30ClN3O4S/c1-40-27-14-11-23(22-6-4-5-21(15-22)17-34)16-24(27)19-36(25-12-9-20(10-13-25)18-35-32(38)39)31(37)30-29(33)26-7-2-3-8-28(26)41-30/h2-8,11,14-16,20,25,35H,9-10,12-13,18-19H2,1H3,(H,38,39). The maximum absolute atomic E-state index is 14.3. The lowest BCUT2D eigenvalue weighted by Gasteiger charge is -2.37. The van der Waals surface area contributed by atoms with Crippen LogP contribution in [-0.4, -0.2) is 41.7 Å². The quantitative estimate of drug-likeness (QED) is 0.221. The fourth-order valence-corrected chi connectivity index (χ4v) is 7.04. The molecule has 0 unspecified atom stereocenters. The molecular formula is C32H30ClN3O4S. The highest BCUT2D eigenvalue weighted by Crippen LogP contribution is 2.39. The van der Waals surface area contributed by atoms with Gasteiger partial charge in [0.05, 0.1) is 23.8 Å². The van der Waals surface area contributed by atoms with Crippen molar-refractivity contribution in [1.29, 1.82) is 5.26 Å². The maximum atomic E-state index is 14.3. The molecule has 1 aliphatic carbocycles. The number of methoxy groups -OCH3 is 1. The molecule has 41 heavy (non-hydrogen) atoms. The molecule has 1 fully saturated rings. The summed E-state index contributed by atoms with van der Waals surface area (Å²) in [5, 5.41) is 22.2. The lowest BCUT2D eigenvalue weighted by atomic mass is 9.85. The molecule has 9 heteroatoms. The van der Waals surface area contributed by atoms with Crippen LogP contribution in [0, 0.1) is 17.2 Å². The number of thiophene rings is 1. The fourth-order valence-electron chi connectivity index (χ4n) is 5.57. The number of carbonyl (C=O) groups is 2. The van der Waals surface area contributed by atoms with Crippen LogP contribution in [0.5, 0.6) is 5.75 Å². The van der Waals surface area contributed by atoms with E-state index in [9.17, 15) is 14.9 Å². The van der Waals surface area contributed by atoms with Gasteiger partial charge in [-0.3, -0.25) is 4.79 Å². The third kappa shape index (κ3) is 6.32. The average Bonchev–Trinajstić information content (AvgIpc) is 3.35.